The zero-order valence-corrected chi connectivity index (χ0v) is 32.5. The van der Waals surface area contributed by atoms with Crippen LogP contribution >= 0.6 is 0 Å². The highest BCUT2D eigenvalue weighted by Gasteiger charge is 2.38. The number of pyridine rings is 1. The van der Waals surface area contributed by atoms with Crippen LogP contribution in [-0.2, 0) is 37.0 Å². The van der Waals surface area contributed by atoms with Crippen molar-refractivity contribution in [1.82, 2.24) is 25.5 Å². The van der Waals surface area contributed by atoms with Crippen LogP contribution in [0.3, 0.4) is 0 Å². The minimum absolute atomic E-state index is 0.0611. The topological polar surface area (TPSA) is 159 Å². The molecule has 3 aliphatic rings. The van der Waals surface area contributed by atoms with Crippen molar-refractivity contribution < 1.29 is 42.4 Å². The first-order chi connectivity index (χ1) is 28.1. The Balaban J connectivity index is 0.700. The maximum atomic E-state index is 12.5. The molecule has 2 aliphatic heterocycles. The van der Waals surface area contributed by atoms with Crippen molar-refractivity contribution in [2.45, 2.75) is 57.4 Å². The van der Waals surface area contributed by atoms with Crippen molar-refractivity contribution in [3.63, 3.8) is 0 Å². The summed E-state index contributed by atoms with van der Waals surface area (Å²) in [7, 11) is 0. The molecular formula is C42H54N6O9. The summed E-state index contributed by atoms with van der Waals surface area (Å²) in [5.74, 6) is 2.04. The Bertz CT molecular complexity index is 1820. The largest absolute Gasteiger partial charge is 0.490 e. The van der Waals surface area contributed by atoms with Gasteiger partial charge in [-0.1, -0.05) is 43.2 Å². The lowest BCUT2D eigenvalue weighted by Crippen LogP contribution is -2.49. The van der Waals surface area contributed by atoms with Crippen LogP contribution in [0.4, 0.5) is 10.8 Å². The number of carbonyl (C=O) groups excluding carboxylic acids is 2. The Morgan fingerprint density at radius 3 is 2.33 bits per heavy atom. The molecule has 0 radical (unpaired) electrons. The number of hydrogen-bond acceptors (Lipinski definition) is 13. The molecule has 0 unspecified atom stereocenters. The van der Waals surface area contributed by atoms with Crippen molar-refractivity contribution in [2.24, 2.45) is 5.92 Å². The molecule has 7 rings (SSSR count). The van der Waals surface area contributed by atoms with Crippen molar-refractivity contribution in [3.05, 3.63) is 78.1 Å². The quantitative estimate of drug-likeness (QED) is 0.119. The van der Waals surface area contributed by atoms with E-state index in [4.69, 9.17) is 32.8 Å². The molecule has 1 saturated carbocycles. The van der Waals surface area contributed by atoms with Gasteiger partial charge >= 0.3 is 6.09 Å². The van der Waals surface area contributed by atoms with Gasteiger partial charge in [-0.3, -0.25) is 9.78 Å². The number of rotatable bonds is 20. The molecule has 3 fully saturated rings. The number of piperazine rings is 1. The van der Waals surface area contributed by atoms with E-state index in [1.807, 2.05) is 65.6 Å². The molecule has 0 spiro atoms. The number of fused-ring (bicyclic) bond motifs is 2. The van der Waals surface area contributed by atoms with E-state index in [9.17, 15) is 9.59 Å². The van der Waals surface area contributed by atoms with Crippen LogP contribution in [0.5, 0.6) is 11.5 Å². The summed E-state index contributed by atoms with van der Waals surface area (Å²) in [5.41, 5.74) is 3.06. The number of amides is 2. The normalized spacial score (nSPS) is 19.3. The van der Waals surface area contributed by atoms with E-state index in [2.05, 4.69) is 20.6 Å². The Kier molecular flexibility index (Phi) is 14.8. The maximum Gasteiger partial charge on any atom is 0.410 e. The molecule has 15 nitrogen and oxygen atoms in total. The molecule has 2 amide bonds. The van der Waals surface area contributed by atoms with E-state index in [0.717, 1.165) is 17.7 Å². The Morgan fingerprint density at radius 1 is 0.807 bits per heavy atom. The number of nitrogens with zero attached hydrogens (tertiary/aromatic N) is 4. The summed E-state index contributed by atoms with van der Waals surface area (Å²) in [6.45, 7) is 6.37. The Labute approximate surface area is 333 Å². The molecule has 1 aliphatic carbocycles. The van der Waals surface area contributed by atoms with Gasteiger partial charge < -0.3 is 53.3 Å². The third-order valence-corrected chi connectivity index (χ3v) is 10.5. The molecule has 3 atom stereocenters. The number of carbonyl (C=O) groups is 2. The number of ether oxygens (including phenoxy) is 6. The van der Waals surface area contributed by atoms with Crippen LogP contribution in [0, 0.1) is 5.92 Å². The van der Waals surface area contributed by atoms with E-state index < -0.39 is 0 Å². The third kappa shape index (κ3) is 12.0. The fourth-order valence-electron chi connectivity index (χ4n) is 7.40. The number of anilines is 1. The first-order valence-electron chi connectivity index (χ1n) is 20.2. The highest BCUT2D eigenvalue weighted by molar-refractivity contribution is 5.82. The van der Waals surface area contributed by atoms with Gasteiger partial charge in [-0.2, -0.15) is 4.98 Å². The lowest BCUT2D eigenvalue weighted by atomic mass is 9.85. The van der Waals surface area contributed by atoms with Gasteiger partial charge in [0.2, 0.25) is 5.91 Å². The number of benzene rings is 2. The van der Waals surface area contributed by atoms with E-state index in [1.54, 1.807) is 11.1 Å². The fraction of sp³-hybridized carbons (Fsp3) is 0.524. The number of aromatic nitrogens is 2. The van der Waals surface area contributed by atoms with Crippen LogP contribution in [0.25, 0.3) is 11.1 Å². The predicted molar refractivity (Wildman–Crippen MR) is 211 cm³/mol. The van der Waals surface area contributed by atoms with Gasteiger partial charge in [0.15, 0.2) is 5.58 Å². The maximum absolute atomic E-state index is 12.5. The minimum atomic E-state index is -0.319. The molecule has 0 bridgehead atoms. The second-order valence-corrected chi connectivity index (χ2v) is 14.5. The summed E-state index contributed by atoms with van der Waals surface area (Å²) in [6, 6.07) is 19.9. The molecule has 2 N–H and O–H groups in total. The molecule has 2 aromatic heterocycles. The smallest absolute Gasteiger partial charge is 0.410 e. The van der Waals surface area contributed by atoms with Crippen LogP contribution < -0.4 is 25.0 Å². The van der Waals surface area contributed by atoms with Gasteiger partial charge in [-0.05, 0) is 55.0 Å². The zero-order chi connectivity index (χ0) is 39.1. The molecule has 4 aromatic rings. The minimum Gasteiger partial charge on any atom is -0.490 e. The first kappa shape index (κ1) is 40.2. The Morgan fingerprint density at radius 2 is 1.56 bits per heavy atom. The van der Waals surface area contributed by atoms with Gasteiger partial charge in [-0.25, -0.2) is 4.79 Å². The molecule has 57 heavy (non-hydrogen) atoms. The van der Waals surface area contributed by atoms with Gasteiger partial charge in [0.1, 0.15) is 36.8 Å². The summed E-state index contributed by atoms with van der Waals surface area (Å²) in [5, 5.41) is 6.50. The summed E-state index contributed by atoms with van der Waals surface area (Å²) < 4.78 is 40.0. The number of nitrogens with one attached hydrogen (secondary N) is 2. The molecule has 306 valence electrons. The van der Waals surface area contributed by atoms with Crippen molar-refractivity contribution in [3.8, 4) is 11.5 Å². The highest BCUT2D eigenvalue weighted by Crippen LogP contribution is 2.33. The van der Waals surface area contributed by atoms with Crippen LogP contribution in [-0.4, -0.2) is 118 Å². The first-order valence-corrected chi connectivity index (χ1v) is 20.2. The zero-order valence-electron chi connectivity index (χ0n) is 32.5. The van der Waals surface area contributed by atoms with Gasteiger partial charge in [0.05, 0.1) is 57.6 Å². The molecule has 15 heteroatoms. The number of hydrogen-bond donors (Lipinski definition) is 2. The van der Waals surface area contributed by atoms with Crippen LogP contribution in [0.1, 0.15) is 43.4 Å². The van der Waals surface area contributed by atoms with E-state index in [1.165, 1.54) is 25.7 Å². The van der Waals surface area contributed by atoms with Gasteiger partial charge in [-0.15, -0.1) is 0 Å². The summed E-state index contributed by atoms with van der Waals surface area (Å²) >= 11 is 0. The lowest BCUT2D eigenvalue weighted by Gasteiger charge is -2.33. The lowest BCUT2D eigenvalue weighted by molar-refractivity contribution is -0.123. The van der Waals surface area contributed by atoms with Crippen molar-refractivity contribution >= 4 is 29.1 Å². The second-order valence-electron chi connectivity index (χ2n) is 14.5. The Hall–Kier alpha value is -4.96. The van der Waals surface area contributed by atoms with E-state index >= 15 is 0 Å². The van der Waals surface area contributed by atoms with Crippen molar-refractivity contribution in [2.75, 3.05) is 83.9 Å². The average Bonchev–Trinajstić information content (AvgIpc) is 3.89. The SMILES string of the molecule is O=C(NCCOCCOCCOCCOc1ccc(COc2ccc3oc(N4CCN(C(=O)OCc5ccccc5)CC4)nc3c2)nc1)[C@@H]1C[C@@H]2CCCC[C@@H]2N1. The van der Waals surface area contributed by atoms with E-state index in [-0.39, 0.29) is 31.3 Å². The molecule has 2 saturated heterocycles. The molecular weight excluding hydrogens is 732 g/mol. The van der Waals surface area contributed by atoms with Crippen LogP contribution in [0.15, 0.2) is 71.3 Å². The summed E-state index contributed by atoms with van der Waals surface area (Å²) in [6.07, 6.45) is 7.28. The van der Waals surface area contributed by atoms with Gasteiger partial charge in [0, 0.05) is 44.8 Å². The monoisotopic (exact) mass is 786 g/mol. The second kappa shape index (κ2) is 21.0. The average molecular weight is 787 g/mol. The third-order valence-electron chi connectivity index (χ3n) is 10.5. The predicted octanol–water partition coefficient (Wildman–Crippen LogP) is 4.73. The summed E-state index contributed by atoms with van der Waals surface area (Å²) in [4.78, 5) is 37.9. The fourth-order valence-corrected chi connectivity index (χ4v) is 7.40. The standard InChI is InChI=1S/C42H54N6O9/c49-40(38-26-32-8-4-5-9-36(32)45-38)43-14-19-51-20-21-52-22-23-53-24-25-54-35-11-10-33(44-28-35)30-55-34-12-13-39-37(27-34)46-41(57-39)47-15-17-48(18-16-47)42(50)56-29-31-6-2-1-3-7-31/h1-3,6-7,10-13,27-28,32,36,38,45H,4-5,8-9,14-26,29-30H2,(H,43,49)/t32-,36-,38-/m0/s1. The van der Waals surface area contributed by atoms with Crippen LogP contribution in [0.2, 0.25) is 0 Å². The van der Waals surface area contributed by atoms with E-state index in [0.29, 0.717) is 120 Å². The number of oxazole rings is 1. The van der Waals surface area contributed by atoms with Crippen molar-refractivity contribution in [1.29, 1.82) is 0 Å². The van der Waals surface area contributed by atoms with Gasteiger partial charge in [0.25, 0.3) is 6.01 Å². The molecule has 4 heterocycles. The molecule has 2 aromatic carbocycles. The highest BCUT2D eigenvalue weighted by atomic mass is 16.6.